The van der Waals surface area contributed by atoms with Gasteiger partial charge in [0.05, 0.1) is 18.4 Å². The Morgan fingerprint density at radius 3 is 2.04 bits per heavy atom. The molecule has 124 valence electrons. The lowest BCUT2D eigenvalue weighted by Gasteiger charge is -2.11. The van der Waals surface area contributed by atoms with Crippen LogP contribution in [0, 0.1) is 0 Å². The van der Waals surface area contributed by atoms with Crippen molar-refractivity contribution in [1.29, 1.82) is 0 Å². The van der Waals surface area contributed by atoms with E-state index in [1.165, 1.54) is 19.2 Å². The molecule has 0 radical (unpaired) electrons. The number of esters is 1. The van der Waals surface area contributed by atoms with Crippen molar-refractivity contribution in [2.75, 3.05) is 17.7 Å². The minimum Gasteiger partial charge on any atom is -0.465 e. The van der Waals surface area contributed by atoms with E-state index in [0.717, 1.165) is 12.0 Å². The van der Waals surface area contributed by atoms with Crippen molar-refractivity contribution in [1.82, 2.24) is 0 Å². The van der Waals surface area contributed by atoms with Crippen LogP contribution in [0.3, 0.4) is 0 Å². The van der Waals surface area contributed by atoms with E-state index in [0.29, 0.717) is 5.69 Å². The van der Waals surface area contributed by atoms with Crippen molar-refractivity contribution in [2.24, 2.45) is 0 Å². The summed E-state index contributed by atoms with van der Waals surface area (Å²) in [6.07, 6.45) is 0.725. The molecule has 6 nitrogen and oxygen atoms in total. The Balaban J connectivity index is 2.13. The first-order valence-electron chi connectivity index (χ1n) is 7.44. The van der Waals surface area contributed by atoms with E-state index in [-0.39, 0.29) is 11.3 Å². The Bertz CT molecular complexity index is 771. The van der Waals surface area contributed by atoms with Crippen molar-refractivity contribution in [3.05, 3.63) is 59.7 Å². The van der Waals surface area contributed by atoms with Crippen LogP contribution < -0.4 is 10.6 Å². The lowest BCUT2D eigenvalue weighted by atomic mass is 10.1. The van der Waals surface area contributed by atoms with Crippen LogP contribution in [0.25, 0.3) is 0 Å². The van der Waals surface area contributed by atoms with Gasteiger partial charge in [-0.1, -0.05) is 37.3 Å². The van der Waals surface area contributed by atoms with E-state index in [9.17, 15) is 14.4 Å². The normalized spacial score (nSPS) is 9.92. The van der Waals surface area contributed by atoms with Crippen molar-refractivity contribution < 1.29 is 19.1 Å². The Hall–Kier alpha value is -3.15. The first-order chi connectivity index (χ1) is 11.6. The minimum absolute atomic E-state index is 0.176. The van der Waals surface area contributed by atoms with Gasteiger partial charge in [0.25, 0.3) is 0 Å². The van der Waals surface area contributed by atoms with E-state index < -0.39 is 17.8 Å². The molecule has 0 aliphatic carbocycles. The van der Waals surface area contributed by atoms with Crippen molar-refractivity contribution in [3.8, 4) is 0 Å². The topological polar surface area (TPSA) is 84.5 Å². The summed E-state index contributed by atoms with van der Waals surface area (Å²) >= 11 is 0. The van der Waals surface area contributed by atoms with E-state index in [2.05, 4.69) is 15.4 Å². The Kier molecular flexibility index (Phi) is 5.68. The van der Waals surface area contributed by atoms with E-state index in [1.54, 1.807) is 24.3 Å². The van der Waals surface area contributed by atoms with Crippen LogP contribution in [0.15, 0.2) is 48.5 Å². The predicted octanol–water partition coefficient (Wildman–Crippen LogP) is 2.61. The molecular formula is C18H18N2O4. The monoisotopic (exact) mass is 326 g/mol. The number of carbonyl (C=O) groups excluding carboxylic acids is 3. The third-order valence-corrected chi connectivity index (χ3v) is 3.43. The SMILES string of the molecule is CCc1ccccc1NC(=O)C(=O)Nc1ccccc1C(=O)OC. The average molecular weight is 326 g/mol. The van der Waals surface area contributed by atoms with Crippen LogP contribution >= 0.6 is 0 Å². The van der Waals surface area contributed by atoms with E-state index >= 15 is 0 Å². The zero-order valence-corrected chi connectivity index (χ0v) is 13.5. The molecule has 0 saturated heterocycles. The molecule has 0 fully saturated rings. The number of nitrogens with one attached hydrogen (secondary N) is 2. The van der Waals surface area contributed by atoms with Gasteiger partial charge in [-0.2, -0.15) is 0 Å². The summed E-state index contributed by atoms with van der Waals surface area (Å²) in [6, 6.07) is 13.6. The van der Waals surface area contributed by atoms with Crippen LogP contribution in [0.4, 0.5) is 11.4 Å². The van der Waals surface area contributed by atoms with E-state index in [4.69, 9.17) is 0 Å². The molecule has 2 aromatic carbocycles. The molecule has 0 unspecified atom stereocenters. The standard InChI is InChI=1S/C18H18N2O4/c1-3-12-8-4-6-10-14(12)19-16(21)17(22)20-15-11-7-5-9-13(15)18(23)24-2/h4-11H,3H2,1-2H3,(H,19,21)(H,20,22). The average Bonchev–Trinajstić information content (AvgIpc) is 2.61. The molecule has 2 N–H and O–H groups in total. The zero-order chi connectivity index (χ0) is 17.5. The molecule has 0 aliphatic rings. The van der Waals surface area contributed by atoms with Gasteiger partial charge in [-0.25, -0.2) is 4.79 Å². The largest absolute Gasteiger partial charge is 0.465 e. The van der Waals surface area contributed by atoms with Crippen LogP contribution in [0.1, 0.15) is 22.8 Å². The Morgan fingerprint density at radius 1 is 0.875 bits per heavy atom. The summed E-state index contributed by atoms with van der Waals surface area (Å²) in [5.41, 5.74) is 1.90. The predicted molar refractivity (Wildman–Crippen MR) is 90.9 cm³/mol. The first kappa shape index (κ1) is 17.2. The number of hydrogen-bond donors (Lipinski definition) is 2. The van der Waals surface area contributed by atoms with Gasteiger partial charge in [-0.05, 0) is 30.2 Å². The lowest BCUT2D eigenvalue weighted by Crippen LogP contribution is -2.30. The quantitative estimate of drug-likeness (QED) is 0.668. The summed E-state index contributed by atoms with van der Waals surface area (Å²) in [7, 11) is 1.25. The fourth-order valence-corrected chi connectivity index (χ4v) is 2.19. The van der Waals surface area contributed by atoms with Gasteiger partial charge >= 0.3 is 17.8 Å². The molecule has 0 saturated carbocycles. The minimum atomic E-state index is -0.864. The summed E-state index contributed by atoms with van der Waals surface area (Å²) in [6.45, 7) is 1.96. The maximum absolute atomic E-state index is 12.1. The number of methoxy groups -OCH3 is 1. The molecule has 0 aliphatic heterocycles. The van der Waals surface area contributed by atoms with Crippen LogP contribution in [-0.2, 0) is 20.7 Å². The number of hydrogen-bond acceptors (Lipinski definition) is 4. The molecule has 0 heterocycles. The summed E-state index contributed by atoms with van der Waals surface area (Å²) in [4.78, 5) is 35.9. The number of aryl methyl sites for hydroxylation is 1. The number of amides is 2. The molecule has 24 heavy (non-hydrogen) atoms. The van der Waals surface area contributed by atoms with Gasteiger partial charge in [0.2, 0.25) is 0 Å². The summed E-state index contributed by atoms with van der Waals surface area (Å²) in [5, 5.41) is 5.01. The number of para-hydroxylation sites is 2. The molecule has 2 amide bonds. The molecule has 0 atom stereocenters. The molecule has 2 rings (SSSR count). The second-order valence-electron chi connectivity index (χ2n) is 4.96. The number of ether oxygens (including phenoxy) is 1. The van der Waals surface area contributed by atoms with Crippen molar-refractivity contribution in [2.45, 2.75) is 13.3 Å². The lowest BCUT2D eigenvalue weighted by molar-refractivity contribution is -0.133. The van der Waals surface area contributed by atoms with Crippen LogP contribution in [0.5, 0.6) is 0 Å². The van der Waals surface area contributed by atoms with Crippen molar-refractivity contribution >= 4 is 29.2 Å². The van der Waals surface area contributed by atoms with Crippen molar-refractivity contribution in [3.63, 3.8) is 0 Å². The van der Waals surface area contributed by atoms with Crippen LogP contribution in [0.2, 0.25) is 0 Å². The number of benzene rings is 2. The summed E-state index contributed by atoms with van der Waals surface area (Å²) < 4.78 is 4.65. The van der Waals surface area contributed by atoms with E-state index in [1.807, 2.05) is 19.1 Å². The zero-order valence-electron chi connectivity index (χ0n) is 13.5. The Labute approximate surface area is 139 Å². The second kappa shape index (κ2) is 7.92. The van der Waals surface area contributed by atoms with Gasteiger partial charge < -0.3 is 15.4 Å². The molecule has 2 aromatic rings. The fourth-order valence-electron chi connectivity index (χ4n) is 2.19. The maximum atomic E-state index is 12.1. The van der Waals surface area contributed by atoms with Gasteiger partial charge in [0.15, 0.2) is 0 Å². The second-order valence-corrected chi connectivity index (χ2v) is 4.96. The third kappa shape index (κ3) is 3.98. The molecule has 0 bridgehead atoms. The number of carbonyl (C=O) groups is 3. The van der Waals surface area contributed by atoms with Gasteiger partial charge in [-0.3, -0.25) is 9.59 Å². The Morgan fingerprint density at radius 2 is 1.42 bits per heavy atom. The highest BCUT2D eigenvalue weighted by Crippen LogP contribution is 2.17. The number of rotatable bonds is 4. The molecular weight excluding hydrogens is 308 g/mol. The third-order valence-electron chi connectivity index (χ3n) is 3.43. The molecule has 0 aromatic heterocycles. The van der Waals surface area contributed by atoms with Gasteiger partial charge in [0, 0.05) is 5.69 Å². The van der Waals surface area contributed by atoms with Crippen LogP contribution in [-0.4, -0.2) is 24.9 Å². The highest BCUT2D eigenvalue weighted by atomic mass is 16.5. The molecule has 0 spiro atoms. The number of anilines is 2. The van der Waals surface area contributed by atoms with Gasteiger partial charge in [-0.15, -0.1) is 0 Å². The maximum Gasteiger partial charge on any atom is 0.339 e. The summed E-state index contributed by atoms with van der Waals surface area (Å²) in [5.74, 6) is -2.27. The van der Waals surface area contributed by atoms with Gasteiger partial charge in [0.1, 0.15) is 0 Å². The fraction of sp³-hybridized carbons (Fsp3) is 0.167. The smallest absolute Gasteiger partial charge is 0.339 e. The first-order valence-corrected chi connectivity index (χ1v) is 7.44. The molecule has 6 heteroatoms. The highest BCUT2D eigenvalue weighted by Gasteiger charge is 2.18. The highest BCUT2D eigenvalue weighted by molar-refractivity contribution is 6.44.